The molecule has 0 saturated heterocycles. The van der Waals surface area contributed by atoms with Crippen molar-refractivity contribution in [1.82, 2.24) is 10.2 Å². The topological polar surface area (TPSA) is 49.4 Å². The van der Waals surface area contributed by atoms with Crippen LogP contribution >= 0.6 is 35.0 Å². The van der Waals surface area contributed by atoms with Crippen molar-refractivity contribution in [1.29, 1.82) is 0 Å². The average Bonchev–Trinajstić information content (AvgIpc) is 3.44. The molecule has 1 N–H and O–H groups in total. The van der Waals surface area contributed by atoms with Gasteiger partial charge in [-0.2, -0.15) is 0 Å². The van der Waals surface area contributed by atoms with Gasteiger partial charge < -0.3 is 10.2 Å². The zero-order valence-electron chi connectivity index (χ0n) is 21.5. The van der Waals surface area contributed by atoms with Crippen molar-refractivity contribution in [3.63, 3.8) is 0 Å². The first-order valence-electron chi connectivity index (χ1n) is 13.2. The Morgan fingerprint density at radius 1 is 0.868 bits per heavy atom. The molecule has 0 aromatic heterocycles. The number of carbonyl (C=O) groups is 2. The highest BCUT2D eigenvalue weighted by Gasteiger charge is 2.31. The summed E-state index contributed by atoms with van der Waals surface area (Å²) >= 11 is 13.8. The van der Waals surface area contributed by atoms with Gasteiger partial charge in [-0.15, -0.1) is 11.8 Å². The summed E-state index contributed by atoms with van der Waals surface area (Å²) < 4.78 is 0. The van der Waals surface area contributed by atoms with Gasteiger partial charge in [0.25, 0.3) is 0 Å². The van der Waals surface area contributed by atoms with Crippen molar-refractivity contribution in [2.45, 2.75) is 68.5 Å². The Hall–Kier alpha value is -2.47. The first kappa shape index (κ1) is 28.5. The monoisotopic (exact) mass is 568 g/mol. The molecular formula is C31H34Cl2N2O2S. The first-order valence-corrected chi connectivity index (χ1v) is 15.0. The van der Waals surface area contributed by atoms with Gasteiger partial charge in [0.15, 0.2) is 0 Å². The van der Waals surface area contributed by atoms with Crippen LogP contribution < -0.4 is 5.32 Å². The van der Waals surface area contributed by atoms with Crippen LogP contribution in [0.2, 0.25) is 10.0 Å². The second kappa shape index (κ2) is 14.6. The Bertz CT molecular complexity index is 1170. The molecule has 1 saturated carbocycles. The van der Waals surface area contributed by atoms with Crippen LogP contribution in [0.1, 0.15) is 49.7 Å². The van der Waals surface area contributed by atoms with Crippen molar-refractivity contribution < 1.29 is 9.59 Å². The van der Waals surface area contributed by atoms with Crippen LogP contribution in [0.15, 0.2) is 83.8 Å². The number of amides is 2. The highest BCUT2D eigenvalue weighted by Crippen LogP contribution is 2.24. The number of hydrogen-bond acceptors (Lipinski definition) is 3. The smallest absolute Gasteiger partial charge is 0.243 e. The summed E-state index contributed by atoms with van der Waals surface area (Å²) in [6.07, 6.45) is 5.81. The van der Waals surface area contributed by atoms with E-state index in [4.69, 9.17) is 23.2 Å². The predicted octanol–water partition coefficient (Wildman–Crippen LogP) is 7.56. The number of thioether (sulfide) groups is 1. The van der Waals surface area contributed by atoms with E-state index < -0.39 is 6.04 Å². The standard InChI is InChI=1S/C31H34Cl2N2O2S/c32-25-14-12-24(13-15-25)22-35(30(36)11-6-20-38-28-18-16-26(33)17-19-28)29(21-23-7-2-1-3-8-23)31(37)34-27-9-4-5-10-27/h1-3,7-8,12-19,27,29H,4-6,9-11,20-22H2,(H,34,37)/t29-/m1/s1. The van der Waals surface area contributed by atoms with Gasteiger partial charge in [-0.25, -0.2) is 0 Å². The average molecular weight is 570 g/mol. The molecule has 1 aliphatic carbocycles. The lowest BCUT2D eigenvalue weighted by Crippen LogP contribution is -2.52. The summed E-state index contributed by atoms with van der Waals surface area (Å²) in [6, 6.07) is 24.8. The molecule has 3 aromatic carbocycles. The lowest BCUT2D eigenvalue weighted by molar-refractivity contribution is -0.141. The molecule has 0 aliphatic heterocycles. The van der Waals surface area contributed by atoms with Gasteiger partial charge in [-0.3, -0.25) is 9.59 Å². The third kappa shape index (κ3) is 8.79. The number of carbonyl (C=O) groups excluding carboxylic acids is 2. The minimum atomic E-state index is -0.593. The van der Waals surface area contributed by atoms with Gasteiger partial charge in [0.05, 0.1) is 0 Å². The zero-order valence-corrected chi connectivity index (χ0v) is 23.8. The van der Waals surface area contributed by atoms with Crippen LogP contribution in [-0.4, -0.2) is 34.6 Å². The molecule has 2 amide bonds. The molecule has 4 nitrogen and oxygen atoms in total. The number of benzene rings is 3. The maximum Gasteiger partial charge on any atom is 0.243 e. The lowest BCUT2D eigenvalue weighted by Gasteiger charge is -2.32. The third-order valence-electron chi connectivity index (χ3n) is 6.86. The molecule has 0 bridgehead atoms. The molecule has 4 rings (SSSR count). The number of nitrogens with zero attached hydrogens (tertiary/aromatic N) is 1. The minimum absolute atomic E-state index is 0.0147. The Balaban J connectivity index is 1.50. The van der Waals surface area contributed by atoms with Gasteiger partial charge >= 0.3 is 0 Å². The van der Waals surface area contributed by atoms with E-state index in [1.165, 1.54) is 0 Å². The van der Waals surface area contributed by atoms with E-state index in [1.807, 2.05) is 78.9 Å². The first-order chi connectivity index (χ1) is 18.5. The van der Waals surface area contributed by atoms with E-state index in [0.717, 1.165) is 47.5 Å². The molecule has 7 heteroatoms. The molecule has 1 aliphatic rings. The summed E-state index contributed by atoms with van der Waals surface area (Å²) in [5.74, 6) is 0.720. The lowest BCUT2D eigenvalue weighted by atomic mass is 10.0. The van der Waals surface area contributed by atoms with Crippen LogP contribution in [0.4, 0.5) is 0 Å². The molecule has 38 heavy (non-hydrogen) atoms. The van der Waals surface area contributed by atoms with Crippen LogP contribution in [-0.2, 0) is 22.6 Å². The SMILES string of the molecule is O=C(NC1CCCC1)[C@@H](Cc1ccccc1)N(Cc1ccc(Cl)cc1)C(=O)CCCSc1ccc(Cl)cc1. The van der Waals surface area contributed by atoms with Gasteiger partial charge in [-0.1, -0.05) is 78.5 Å². The van der Waals surface area contributed by atoms with E-state index in [-0.39, 0.29) is 17.9 Å². The molecule has 200 valence electrons. The summed E-state index contributed by atoms with van der Waals surface area (Å²) in [5, 5.41) is 4.61. The Kier molecular flexibility index (Phi) is 11.0. The quantitative estimate of drug-likeness (QED) is 0.181. The van der Waals surface area contributed by atoms with Crippen molar-refractivity contribution in [2.75, 3.05) is 5.75 Å². The van der Waals surface area contributed by atoms with Gasteiger partial charge in [0, 0.05) is 40.4 Å². The number of hydrogen-bond donors (Lipinski definition) is 1. The molecular weight excluding hydrogens is 535 g/mol. The number of halogens is 2. The van der Waals surface area contributed by atoms with E-state index >= 15 is 0 Å². The molecule has 1 atom stereocenters. The fourth-order valence-electron chi connectivity index (χ4n) is 4.80. The number of nitrogens with one attached hydrogen (secondary N) is 1. The largest absolute Gasteiger partial charge is 0.352 e. The molecule has 0 heterocycles. The van der Waals surface area contributed by atoms with Gasteiger partial charge in [0.2, 0.25) is 11.8 Å². The molecule has 0 spiro atoms. The van der Waals surface area contributed by atoms with Crippen molar-refractivity contribution in [2.24, 2.45) is 0 Å². The molecule has 1 fully saturated rings. The van der Waals surface area contributed by atoms with Gasteiger partial charge in [0.1, 0.15) is 6.04 Å². The fraction of sp³-hybridized carbons (Fsp3) is 0.355. The van der Waals surface area contributed by atoms with Crippen molar-refractivity contribution in [3.8, 4) is 0 Å². The third-order valence-corrected chi connectivity index (χ3v) is 8.46. The zero-order chi connectivity index (χ0) is 26.7. The summed E-state index contributed by atoms with van der Waals surface area (Å²) in [4.78, 5) is 30.3. The molecule has 0 unspecified atom stereocenters. The summed E-state index contributed by atoms with van der Waals surface area (Å²) in [6.45, 7) is 0.357. The second-order valence-electron chi connectivity index (χ2n) is 9.75. The van der Waals surface area contributed by atoms with Crippen LogP contribution in [0.3, 0.4) is 0 Å². The minimum Gasteiger partial charge on any atom is -0.352 e. The van der Waals surface area contributed by atoms with E-state index in [1.54, 1.807) is 16.7 Å². The Labute approximate surface area is 240 Å². The highest BCUT2D eigenvalue weighted by molar-refractivity contribution is 7.99. The summed E-state index contributed by atoms with van der Waals surface area (Å²) in [5.41, 5.74) is 1.98. The molecule has 3 aromatic rings. The van der Waals surface area contributed by atoms with Gasteiger partial charge in [-0.05, 0) is 72.5 Å². The molecule has 0 radical (unpaired) electrons. The van der Waals surface area contributed by atoms with Crippen molar-refractivity contribution >= 4 is 46.8 Å². The van der Waals surface area contributed by atoms with E-state index in [0.29, 0.717) is 35.9 Å². The van der Waals surface area contributed by atoms with Crippen LogP contribution in [0.25, 0.3) is 0 Å². The predicted molar refractivity (Wildman–Crippen MR) is 158 cm³/mol. The van der Waals surface area contributed by atoms with E-state index in [2.05, 4.69) is 5.32 Å². The number of rotatable bonds is 12. The Morgan fingerprint density at radius 2 is 1.50 bits per heavy atom. The maximum absolute atomic E-state index is 13.7. The summed E-state index contributed by atoms with van der Waals surface area (Å²) in [7, 11) is 0. The normalized spacial score (nSPS) is 14.3. The van der Waals surface area contributed by atoms with Crippen LogP contribution in [0.5, 0.6) is 0 Å². The maximum atomic E-state index is 13.7. The van der Waals surface area contributed by atoms with E-state index in [9.17, 15) is 9.59 Å². The van der Waals surface area contributed by atoms with Crippen molar-refractivity contribution in [3.05, 3.63) is 100 Å². The Morgan fingerprint density at radius 3 is 2.16 bits per heavy atom. The highest BCUT2D eigenvalue weighted by atomic mass is 35.5. The van der Waals surface area contributed by atoms with Crippen LogP contribution in [0, 0.1) is 0 Å². The fourth-order valence-corrected chi connectivity index (χ4v) is 5.90. The second-order valence-corrected chi connectivity index (χ2v) is 11.8.